The lowest BCUT2D eigenvalue weighted by Crippen LogP contribution is -2.54. The molecule has 0 fully saturated rings. The number of carbonyl (C=O) groups excluding carboxylic acids is 2. The Balaban J connectivity index is 4.36. The molecule has 0 aromatic rings. The van der Waals surface area contributed by atoms with Gasteiger partial charge in [0, 0.05) is 19.4 Å². The van der Waals surface area contributed by atoms with Crippen LogP contribution in [0.2, 0.25) is 0 Å². The molecule has 0 radical (unpaired) electrons. The van der Waals surface area contributed by atoms with Crippen LogP contribution >= 0.6 is 7.82 Å². The molecule has 0 spiro atoms. The third-order valence-corrected chi connectivity index (χ3v) is 8.34. The number of hydrogen-bond acceptors (Lipinski definition) is 5. The van der Waals surface area contributed by atoms with Crippen molar-refractivity contribution >= 4 is 19.4 Å². The first-order valence-corrected chi connectivity index (χ1v) is 18.6. The number of phosphoric ester groups is 1. The number of ketones is 2. The number of unbranched alkanes of at least 4 members (excludes halogenated alkanes) is 18. The van der Waals surface area contributed by atoms with Crippen LogP contribution in [0.5, 0.6) is 0 Å². The van der Waals surface area contributed by atoms with Gasteiger partial charge in [0.2, 0.25) is 5.60 Å². The van der Waals surface area contributed by atoms with Gasteiger partial charge in [0.15, 0.2) is 11.6 Å². The molecule has 0 saturated carbocycles. The minimum atomic E-state index is -5.09. The summed E-state index contributed by atoms with van der Waals surface area (Å²) in [6, 6.07) is 0. The molecule has 0 aromatic carbocycles. The quantitative estimate of drug-likeness (QED) is 0.0307. The standard InChI is InChI=1S/C34H64NO6P/c1-3-5-7-9-11-13-15-17-19-21-23-25-27-29-32(36)34(31-35,41-42(38,39)40)33(37)30-28-26-24-22-20-18-16-14-12-10-8-6-4-2/h13-16H,3-12,17-31,35H2,1-2H3,(H2,38,39,40)/b15-13-,16-14-. The van der Waals surface area contributed by atoms with Gasteiger partial charge in [-0.3, -0.25) is 14.1 Å². The van der Waals surface area contributed by atoms with E-state index in [2.05, 4.69) is 38.2 Å². The van der Waals surface area contributed by atoms with Gasteiger partial charge >= 0.3 is 7.82 Å². The van der Waals surface area contributed by atoms with Gasteiger partial charge < -0.3 is 15.5 Å². The normalized spacial score (nSPS) is 12.6. The molecule has 0 aromatic heterocycles. The molecule has 0 amide bonds. The molecule has 4 N–H and O–H groups in total. The first-order valence-electron chi connectivity index (χ1n) is 17.1. The van der Waals surface area contributed by atoms with E-state index < -0.39 is 31.5 Å². The van der Waals surface area contributed by atoms with E-state index in [1.165, 1.54) is 51.4 Å². The van der Waals surface area contributed by atoms with Gasteiger partial charge in [-0.2, -0.15) is 0 Å². The van der Waals surface area contributed by atoms with Crippen LogP contribution in [0.25, 0.3) is 0 Å². The zero-order valence-corrected chi connectivity index (χ0v) is 27.9. The molecule has 0 bridgehead atoms. The monoisotopic (exact) mass is 613 g/mol. The van der Waals surface area contributed by atoms with Crippen molar-refractivity contribution in [3.8, 4) is 0 Å². The molecule has 0 aliphatic carbocycles. The average Bonchev–Trinajstić information content (AvgIpc) is 2.95. The Morgan fingerprint density at radius 1 is 0.595 bits per heavy atom. The SMILES string of the molecule is CCCCCC/C=C\CCCCCCCC(=O)C(CN)(OP(=O)(O)O)C(=O)CCCCCCC/C=C\CCCCCC. The van der Waals surface area contributed by atoms with Crippen LogP contribution in [-0.2, 0) is 18.7 Å². The number of Topliss-reactive ketones (excluding diaryl/α,β-unsaturated/α-hetero) is 2. The number of rotatable bonds is 31. The Morgan fingerprint density at radius 2 is 0.905 bits per heavy atom. The van der Waals surface area contributed by atoms with Gasteiger partial charge in [-0.25, -0.2) is 4.57 Å². The van der Waals surface area contributed by atoms with E-state index in [1.54, 1.807) is 0 Å². The Bertz CT molecular complexity index is 728. The zero-order valence-electron chi connectivity index (χ0n) is 27.0. The van der Waals surface area contributed by atoms with Gasteiger partial charge in [0.25, 0.3) is 0 Å². The smallest absolute Gasteiger partial charge is 0.327 e. The first kappa shape index (κ1) is 40.9. The number of phosphoric acid groups is 1. The number of hydrogen-bond donors (Lipinski definition) is 3. The first-order chi connectivity index (χ1) is 20.2. The van der Waals surface area contributed by atoms with Crippen LogP contribution in [0.1, 0.15) is 168 Å². The van der Waals surface area contributed by atoms with E-state index in [9.17, 15) is 23.9 Å². The second kappa shape index (κ2) is 27.4. The summed E-state index contributed by atoms with van der Waals surface area (Å²) >= 11 is 0. The van der Waals surface area contributed by atoms with Crippen LogP contribution in [0.3, 0.4) is 0 Å². The molecule has 0 aliphatic rings. The van der Waals surface area contributed by atoms with E-state index >= 15 is 0 Å². The molecule has 0 heterocycles. The minimum Gasteiger partial charge on any atom is -0.327 e. The van der Waals surface area contributed by atoms with E-state index in [4.69, 9.17) is 10.3 Å². The summed E-state index contributed by atoms with van der Waals surface area (Å²) in [7, 11) is -5.09. The highest BCUT2D eigenvalue weighted by atomic mass is 31.2. The summed E-state index contributed by atoms with van der Waals surface area (Å²) in [5.74, 6) is -1.24. The Hall–Kier alpha value is -1.11. The molecule has 0 atom stereocenters. The van der Waals surface area contributed by atoms with Crippen molar-refractivity contribution in [3.05, 3.63) is 24.3 Å². The summed E-state index contributed by atoms with van der Waals surface area (Å²) in [6.07, 6.45) is 32.7. The highest BCUT2D eigenvalue weighted by Crippen LogP contribution is 2.43. The lowest BCUT2D eigenvalue weighted by atomic mass is 9.87. The fourth-order valence-corrected chi connectivity index (χ4v) is 5.82. The molecule has 42 heavy (non-hydrogen) atoms. The van der Waals surface area contributed by atoms with Crippen molar-refractivity contribution in [2.24, 2.45) is 5.73 Å². The van der Waals surface area contributed by atoms with E-state index in [0.29, 0.717) is 12.8 Å². The lowest BCUT2D eigenvalue weighted by molar-refractivity contribution is -0.148. The molecule has 0 unspecified atom stereocenters. The lowest BCUT2D eigenvalue weighted by Gasteiger charge is -2.29. The molecule has 0 rings (SSSR count). The number of nitrogens with two attached hydrogens (primary N) is 1. The third kappa shape index (κ3) is 22.4. The van der Waals surface area contributed by atoms with Crippen LogP contribution < -0.4 is 5.73 Å². The minimum absolute atomic E-state index is 0.0206. The fourth-order valence-electron chi connectivity index (χ4n) is 5.13. The van der Waals surface area contributed by atoms with Gasteiger partial charge in [-0.1, -0.05) is 115 Å². The maximum absolute atomic E-state index is 13.1. The summed E-state index contributed by atoms with van der Waals surface area (Å²) < 4.78 is 16.5. The molecular formula is C34H64NO6P. The predicted octanol–water partition coefficient (Wildman–Crippen LogP) is 9.45. The summed E-state index contributed by atoms with van der Waals surface area (Å²) in [4.78, 5) is 45.1. The number of allylic oxidation sites excluding steroid dienone is 4. The number of carbonyl (C=O) groups is 2. The molecule has 0 aliphatic heterocycles. The Labute approximate surface area is 257 Å². The summed E-state index contributed by atoms with van der Waals surface area (Å²) in [6.45, 7) is 3.87. The molecule has 0 saturated heterocycles. The van der Waals surface area contributed by atoms with Gasteiger partial charge in [0.1, 0.15) is 0 Å². The average molecular weight is 614 g/mol. The van der Waals surface area contributed by atoms with Crippen molar-refractivity contribution in [1.29, 1.82) is 0 Å². The Kier molecular flexibility index (Phi) is 26.7. The topological polar surface area (TPSA) is 127 Å². The molecule has 8 heteroatoms. The van der Waals surface area contributed by atoms with Crippen molar-refractivity contribution in [2.45, 2.75) is 174 Å². The largest absolute Gasteiger partial charge is 0.471 e. The van der Waals surface area contributed by atoms with Crippen molar-refractivity contribution in [2.75, 3.05) is 6.54 Å². The molecule has 7 nitrogen and oxygen atoms in total. The van der Waals surface area contributed by atoms with Crippen molar-refractivity contribution < 1.29 is 28.5 Å². The maximum Gasteiger partial charge on any atom is 0.471 e. The fraction of sp³-hybridized carbons (Fsp3) is 0.824. The third-order valence-electron chi connectivity index (χ3n) is 7.79. The van der Waals surface area contributed by atoms with E-state index in [-0.39, 0.29) is 12.8 Å². The summed E-state index contributed by atoms with van der Waals surface area (Å²) in [5.41, 5.74) is 3.52. The van der Waals surface area contributed by atoms with Crippen LogP contribution in [0, 0.1) is 0 Å². The predicted molar refractivity (Wildman–Crippen MR) is 175 cm³/mol. The van der Waals surface area contributed by atoms with Gasteiger partial charge in [-0.05, 0) is 64.2 Å². The van der Waals surface area contributed by atoms with E-state index in [0.717, 1.165) is 77.0 Å². The van der Waals surface area contributed by atoms with Crippen molar-refractivity contribution in [1.82, 2.24) is 0 Å². The zero-order chi connectivity index (χ0) is 31.4. The van der Waals surface area contributed by atoms with Crippen LogP contribution in [0.4, 0.5) is 0 Å². The second-order valence-electron chi connectivity index (χ2n) is 11.7. The van der Waals surface area contributed by atoms with Gasteiger partial charge in [0.05, 0.1) is 0 Å². The highest BCUT2D eigenvalue weighted by molar-refractivity contribution is 7.46. The van der Waals surface area contributed by atoms with Crippen LogP contribution in [-0.4, -0.2) is 33.5 Å². The maximum atomic E-state index is 13.1. The highest BCUT2D eigenvalue weighted by Gasteiger charge is 2.48. The summed E-state index contributed by atoms with van der Waals surface area (Å²) in [5, 5.41) is 0. The Morgan fingerprint density at radius 3 is 1.21 bits per heavy atom. The van der Waals surface area contributed by atoms with Gasteiger partial charge in [-0.15, -0.1) is 0 Å². The van der Waals surface area contributed by atoms with E-state index in [1.807, 2.05) is 0 Å². The molecule has 246 valence electrons. The van der Waals surface area contributed by atoms with Crippen molar-refractivity contribution in [3.63, 3.8) is 0 Å². The molecular weight excluding hydrogens is 549 g/mol. The van der Waals surface area contributed by atoms with Crippen LogP contribution in [0.15, 0.2) is 24.3 Å². The second-order valence-corrected chi connectivity index (χ2v) is 12.9.